The first-order valence-electron chi connectivity index (χ1n) is 11.0. The number of piperidine rings is 1. The monoisotopic (exact) mass is 391 g/mol. The third-order valence-corrected chi connectivity index (χ3v) is 5.91. The van der Waals surface area contributed by atoms with Gasteiger partial charge in [0.1, 0.15) is 5.82 Å². The van der Waals surface area contributed by atoms with Crippen LogP contribution in [0.1, 0.15) is 51.3 Å². The number of aliphatic imine (C=N–C) groups is 1. The topological polar surface area (TPSA) is 79.5 Å². The summed E-state index contributed by atoms with van der Waals surface area (Å²) in [5.74, 6) is 2.68. The Bertz CT molecular complexity index is 685. The summed E-state index contributed by atoms with van der Waals surface area (Å²) < 4.78 is 3.46. The number of nitrogens with zero attached hydrogens (tertiary/aromatic N) is 5. The molecule has 0 amide bonds. The Morgan fingerprint density at radius 1 is 1.11 bits per heavy atom. The summed E-state index contributed by atoms with van der Waals surface area (Å²) >= 11 is 0. The van der Waals surface area contributed by atoms with E-state index in [-0.39, 0.29) is 5.69 Å². The SMILES string of the molecule is CN=C(NCCCN1CCC(C)CC1)NCCCn1nc2n(c1=O)CCCC2. The smallest absolute Gasteiger partial charge is 0.345 e. The van der Waals surface area contributed by atoms with Crippen LogP contribution in [0, 0.1) is 5.92 Å². The normalized spacial score (nSPS) is 18.9. The summed E-state index contributed by atoms with van der Waals surface area (Å²) in [5, 5.41) is 11.2. The molecule has 1 aromatic rings. The van der Waals surface area contributed by atoms with Gasteiger partial charge in [-0.15, -0.1) is 0 Å². The van der Waals surface area contributed by atoms with Crippen LogP contribution in [0.15, 0.2) is 9.79 Å². The molecule has 0 atom stereocenters. The van der Waals surface area contributed by atoms with Gasteiger partial charge < -0.3 is 15.5 Å². The van der Waals surface area contributed by atoms with E-state index >= 15 is 0 Å². The average molecular weight is 392 g/mol. The van der Waals surface area contributed by atoms with E-state index in [1.165, 1.54) is 25.9 Å². The van der Waals surface area contributed by atoms with Crippen molar-refractivity contribution in [1.29, 1.82) is 0 Å². The molecule has 28 heavy (non-hydrogen) atoms. The highest BCUT2D eigenvalue weighted by atomic mass is 16.2. The van der Waals surface area contributed by atoms with E-state index in [0.29, 0.717) is 6.54 Å². The van der Waals surface area contributed by atoms with E-state index in [1.807, 2.05) is 4.57 Å². The maximum absolute atomic E-state index is 12.3. The molecule has 1 saturated heterocycles. The molecule has 0 aromatic carbocycles. The van der Waals surface area contributed by atoms with Crippen LogP contribution >= 0.6 is 0 Å². The molecule has 158 valence electrons. The second kappa shape index (κ2) is 10.6. The van der Waals surface area contributed by atoms with Crippen molar-refractivity contribution in [2.75, 3.05) is 39.8 Å². The standard InChI is InChI=1S/C20H37N7O/c1-17-8-15-25(16-9-17)12-5-10-22-19(21-2)23-11-6-14-27-20(28)26-13-4-3-7-18(26)24-27/h17H,3-16H2,1-2H3,(H2,21,22,23). The molecule has 8 heteroatoms. The van der Waals surface area contributed by atoms with Crippen LogP contribution in [0.3, 0.4) is 0 Å². The second-order valence-electron chi connectivity index (χ2n) is 8.19. The van der Waals surface area contributed by atoms with E-state index in [2.05, 4.69) is 32.5 Å². The highest BCUT2D eigenvalue weighted by Gasteiger charge is 2.16. The van der Waals surface area contributed by atoms with Crippen molar-refractivity contribution in [2.24, 2.45) is 10.9 Å². The first-order chi connectivity index (χ1) is 13.7. The number of aryl methyl sites for hydroxylation is 2. The van der Waals surface area contributed by atoms with Gasteiger partial charge in [-0.05, 0) is 64.1 Å². The predicted molar refractivity (Wildman–Crippen MR) is 113 cm³/mol. The fraction of sp³-hybridized carbons (Fsp3) is 0.850. The zero-order valence-electron chi connectivity index (χ0n) is 17.6. The van der Waals surface area contributed by atoms with Gasteiger partial charge in [0.05, 0.1) is 0 Å². The van der Waals surface area contributed by atoms with E-state index < -0.39 is 0 Å². The fourth-order valence-electron chi connectivity index (χ4n) is 4.05. The van der Waals surface area contributed by atoms with Gasteiger partial charge in [0, 0.05) is 39.6 Å². The lowest BCUT2D eigenvalue weighted by molar-refractivity contribution is 0.191. The van der Waals surface area contributed by atoms with E-state index in [1.54, 1.807) is 11.7 Å². The van der Waals surface area contributed by atoms with Crippen LogP contribution in [0.2, 0.25) is 0 Å². The quantitative estimate of drug-likeness (QED) is 0.394. The lowest BCUT2D eigenvalue weighted by Gasteiger charge is -2.30. The number of nitrogens with one attached hydrogen (secondary N) is 2. The number of aromatic nitrogens is 3. The summed E-state index contributed by atoms with van der Waals surface area (Å²) in [6.45, 7) is 9.17. The molecule has 3 heterocycles. The Morgan fingerprint density at radius 3 is 2.50 bits per heavy atom. The van der Waals surface area contributed by atoms with E-state index in [4.69, 9.17) is 0 Å². The zero-order chi connectivity index (χ0) is 19.8. The Hall–Kier alpha value is -1.83. The van der Waals surface area contributed by atoms with Gasteiger partial charge in [-0.2, -0.15) is 5.10 Å². The molecule has 2 aliphatic heterocycles. The zero-order valence-corrected chi connectivity index (χ0v) is 17.6. The largest absolute Gasteiger partial charge is 0.356 e. The average Bonchev–Trinajstić information content (AvgIpc) is 3.04. The first kappa shape index (κ1) is 20.9. The van der Waals surface area contributed by atoms with Crippen LogP contribution in [-0.2, 0) is 19.5 Å². The lowest BCUT2D eigenvalue weighted by atomic mass is 9.99. The molecule has 3 rings (SSSR count). The third-order valence-electron chi connectivity index (χ3n) is 5.91. The summed E-state index contributed by atoms with van der Waals surface area (Å²) in [6.07, 6.45) is 7.79. The maximum Gasteiger partial charge on any atom is 0.345 e. The number of hydrogen-bond acceptors (Lipinski definition) is 4. The highest BCUT2D eigenvalue weighted by Crippen LogP contribution is 2.15. The van der Waals surface area contributed by atoms with Crippen molar-refractivity contribution in [1.82, 2.24) is 29.9 Å². The van der Waals surface area contributed by atoms with Crippen LogP contribution in [0.4, 0.5) is 0 Å². The van der Waals surface area contributed by atoms with Crippen molar-refractivity contribution in [3.8, 4) is 0 Å². The number of likely N-dealkylation sites (tertiary alicyclic amines) is 1. The number of fused-ring (bicyclic) bond motifs is 1. The number of guanidine groups is 1. The molecule has 0 bridgehead atoms. The summed E-state index contributed by atoms with van der Waals surface area (Å²) in [4.78, 5) is 19.2. The Morgan fingerprint density at radius 2 is 1.82 bits per heavy atom. The summed E-state index contributed by atoms with van der Waals surface area (Å²) in [5.41, 5.74) is 0.0457. The lowest BCUT2D eigenvalue weighted by Crippen LogP contribution is -2.40. The predicted octanol–water partition coefficient (Wildman–Crippen LogP) is 1.06. The minimum atomic E-state index is 0.0457. The summed E-state index contributed by atoms with van der Waals surface area (Å²) in [7, 11) is 1.80. The molecule has 1 fully saturated rings. The van der Waals surface area contributed by atoms with Gasteiger partial charge >= 0.3 is 5.69 Å². The first-order valence-corrected chi connectivity index (χ1v) is 11.0. The molecule has 0 aliphatic carbocycles. The number of rotatable bonds is 8. The maximum atomic E-state index is 12.3. The van der Waals surface area contributed by atoms with Crippen LogP contribution in [0.25, 0.3) is 0 Å². The Labute approximate surface area is 168 Å². The van der Waals surface area contributed by atoms with Crippen molar-refractivity contribution < 1.29 is 0 Å². The van der Waals surface area contributed by atoms with Crippen molar-refractivity contribution in [2.45, 2.75) is 65.0 Å². The molecular formula is C20H37N7O. The second-order valence-corrected chi connectivity index (χ2v) is 8.19. The molecule has 2 aliphatic rings. The molecule has 0 radical (unpaired) electrons. The van der Waals surface area contributed by atoms with Crippen LogP contribution in [-0.4, -0.2) is 65.0 Å². The van der Waals surface area contributed by atoms with Gasteiger partial charge in [0.15, 0.2) is 5.96 Å². The molecule has 8 nitrogen and oxygen atoms in total. The van der Waals surface area contributed by atoms with Crippen molar-refractivity contribution >= 4 is 5.96 Å². The minimum Gasteiger partial charge on any atom is -0.356 e. The Balaban J connectivity index is 1.29. The van der Waals surface area contributed by atoms with Gasteiger partial charge in [-0.25, -0.2) is 9.48 Å². The van der Waals surface area contributed by atoms with E-state index in [9.17, 15) is 4.79 Å². The van der Waals surface area contributed by atoms with Crippen LogP contribution < -0.4 is 16.3 Å². The van der Waals surface area contributed by atoms with Gasteiger partial charge in [-0.3, -0.25) is 9.56 Å². The summed E-state index contributed by atoms with van der Waals surface area (Å²) in [6, 6.07) is 0. The molecule has 2 N–H and O–H groups in total. The molecule has 1 aromatic heterocycles. The third kappa shape index (κ3) is 5.83. The van der Waals surface area contributed by atoms with Crippen LogP contribution in [0.5, 0.6) is 0 Å². The van der Waals surface area contributed by atoms with Crippen molar-refractivity contribution in [3.63, 3.8) is 0 Å². The molecule has 0 unspecified atom stereocenters. The molecule has 0 spiro atoms. The molecule has 0 saturated carbocycles. The van der Waals surface area contributed by atoms with E-state index in [0.717, 1.165) is 76.0 Å². The number of hydrogen-bond donors (Lipinski definition) is 2. The highest BCUT2D eigenvalue weighted by molar-refractivity contribution is 5.79. The Kier molecular flexibility index (Phi) is 7.94. The minimum absolute atomic E-state index is 0.0457. The fourth-order valence-corrected chi connectivity index (χ4v) is 4.05. The van der Waals surface area contributed by atoms with Gasteiger partial charge in [-0.1, -0.05) is 6.92 Å². The molecular weight excluding hydrogens is 354 g/mol. The van der Waals surface area contributed by atoms with Crippen molar-refractivity contribution in [3.05, 3.63) is 16.3 Å². The van der Waals surface area contributed by atoms with Gasteiger partial charge in [0.2, 0.25) is 0 Å². The van der Waals surface area contributed by atoms with Gasteiger partial charge in [0.25, 0.3) is 0 Å².